The van der Waals surface area contributed by atoms with Crippen LogP contribution in [0.3, 0.4) is 0 Å². The van der Waals surface area contributed by atoms with E-state index in [-0.39, 0.29) is 34.3 Å². The zero-order valence-corrected chi connectivity index (χ0v) is 44.6. The molecule has 8 aromatic carbocycles. The van der Waals surface area contributed by atoms with Gasteiger partial charge >= 0.3 is 0 Å². The molecule has 1 aliphatic rings. The molecular weight excluding hydrogens is 927 g/mol. The van der Waals surface area contributed by atoms with E-state index in [1.165, 1.54) is 46.5 Å². The average Bonchev–Trinajstić information content (AvgIpc) is 3.98. The van der Waals surface area contributed by atoms with Crippen molar-refractivity contribution < 1.29 is 13.5 Å². The Morgan fingerprint density at radius 1 is 0.493 bits per heavy atom. The Balaban J connectivity index is 1.11. The fourth-order valence-electron chi connectivity index (χ4n) is 10.9. The zero-order valence-electron chi connectivity index (χ0n) is 44.6. The van der Waals surface area contributed by atoms with Gasteiger partial charge in [0.05, 0.1) is 28.1 Å². The molecule has 75 heavy (non-hydrogen) atoms. The maximum atomic E-state index is 14.7. The molecule has 0 radical (unpaired) electrons. The summed E-state index contributed by atoms with van der Waals surface area (Å²) in [6.45, 7) is 22.8. The van der Waals surface area contributed by atoms with Gasteiger partial charge in [0.25, 0.3) is 0 Å². The van der Waals surface area contributed by atoms with Crippen LogP contribution < -0.4 is 14.5 Å². The van der Waals surface area contributed by atoms with E-state index in [1.807, 2.05) is 30.5 Å². The second kappa shape index (κ2) is 19.0. The SMILES string of the molecule is CC(C)c1cccc(C(C)C)c1-c1cc(Oc2ccc3c4ccccc4n(-c4cc(C(C)(C)C)ccn4)c3c2)cc(N2CN(c3c(-c4ccc(F)cc4)cc(C(C)(C)C)cc3-c3ccc(F)cc3)c3ccccc32)c1. The van der Waals surface area contributed by atoms with E-state index in [1.54, 1.807) is 0 Å². The van der Waals surface area contributed by atoms with Gasteiger partial charge in [-0.2, -0.15) is 0 Å². The molecule has 0 saturated carbocycles. The molecule has 0 saturated heterocycles. The predicted molar refractivity (Wildman–Crippen MR) is 309 cm³/mol. The Morgan fingerprint density at radius 3 is 1.67 bits per heavy atom. The van der Waals surface area contributed by atoms with Crippen LogP contribution in [0.1, 0.15) is 103 Å². The standard InChI is InChI=1S/C68H64F2N4O/c1-42(2)54-17-15-18-55(43(3)4)65(54)46-34-51(39-53(35-46)75-52-30-31-57-56-16-11-12-19-60(56)74(63(57)40-52)64-38-47(32-33-71-64)67(5,6)7)72-41-73(62-21-14-13-20-61(62)72)66-58(44-22-26-49(69)27-23-44)36-48(68(8,9)10)37-59(66)45-24-28-50(70)29-25-45/h11-40,42-43H,41H2,1-10H3. The van der Waals surface area contributed by atoms with Gasteiger partial charge in [-0.05, 0) is 158 Å². The highest BCUT2D eigenvalue weighted by atomic mass is 19.1. The minimum Gasteiger partial charge on any atom is -0.457 e. The van der Waals surface area contributed by atoms with Gasteiger partial charge < -0.3 is 14.5 Å². The normalized spacial score (nSPS) is 12.9. The van der Waals surface area contributed by atoms with E-state index in [2.05, 4.69) is 211 Å². The number of rotatable bonds is 10. The number of fused-ring (bicyclic) bond motifs is 4. The van der Waals surface area contributed by atoms with Crippen LogP contribution in [0, 0.1) is 11.6 Å². The van der Waals surface area contributed by atoms with Crippen molar-refractivity contribution in [3.05, 3.63) is 216 Å². The second-order valence-corrected chi connectivity index (χ2v) is 22.8. The van der Waals surface area contributed by atoms with Crippen LogP contribution in [0.4, 0.5) is 31.5 Å². The Kier molecular flexibility index (Phi) is 12.5. The molecule has 0 unspecified atom stereocenters. The Labute approximate surface area is 440 Å². The molecule has 0 bridgehead atoms. The largest absolute Gasteiger partial charge is 0.457 e. The highest BCUT2D eigenvalue weighted by molar-refractivity contribution is 6.09. The summed E-state index contributed by atoms with van der Waals surface area (Å²) in [5.41, 5.74) is 16.6. The summed E-state index contributed by atoms with van der Waals surface area (Å²) in [5.74, 6) is 2.19. The van der Waals surface area contributed by atoms with Crippen molar-refractivity contribution in [2.45, 2.75) is 91.9 Å². The summed E-state index contributed by atoms with van der Waals surface area (Å²) in [5, 5.41) is 2.26. The van der Waals surface area contributed by atoms with Gasteiger partial charge in [0.1, 0.15) is 35.6 Å². The lowest BCUT2D eigenvalue weighted by atomic mass is 9.82. The summed E-state index contributed by atoms with van der Waals surface area (Å²) >= 11 is 0. The van der Waals surface area contributed by atoms with Gasteiger partial charge in [-0.3, -0.25) is 4.57 Å². The first kappa shape index (κ1) is 49.2. The molecule has 0 spiro atoms. The lowest BCUT2D eigenvalue weighted by Gasteiger charge is -2.30. The minimum absolute atomic E-state index is 0.0589. The van der Waals surface area contributed by atoms with E-state index in [9.17, 15) is 8.78 Å². The molecule has 0 N–H and O–H groups in total. The van der Waals surface area contributed by atoms with E-state index < -0.39 is 0 Å². The van der Waals surface area contributed by atoms with Crippen LogP contribution >= 0.6 is 0 Å². The Morgan fingerprint density at radius 2 is 1.07 bits per heavy atom. The molecule has 0 fully saturated rings. The van der Waals surface area contributed by atoms with Crippen LogP contribution in [-0.2, 0) is 10.8 Å². The van der Waals surface area contributed by atoms with Crippen LogP contribution in [0.15, 0.2) is 182 Å². The van der Waals surface area contributed by atoms with E-state index in [0.29, 0.717) is 18.2 Å². The lowest BCUT2D eigenvalue weighted by molar-refractivity contribution is 0.483. The molecule has 10 aromatic rings. The second-order valence-electron chi connectivity index (χ2n) is 22.8. The number of nitrogens with zero attached hydrogens (tertiary/aromatic N) is 4. The molecule has 1 aliphatic heterocycles. The zero-order chi connectivity index (χ0) is 52.5. The molecule has 0 aliphatic carbocycles. The molecule has 11 rings (SSSR count). The molecule has 7 heteroatoms. The van der Waals surface area contributed by atoms with Crippen molar-refractivity contribution in [1.29, 1.82) is 0 Å². The number of para-hydroxylation sites is 3. The Bertz CT molecular complexity index is 3690. The number of halogens is 2. The third-order valence-electron chi connectivity index (χ3n) is 14.9. The maximum absolute atomic E-state index is 14.7. The highest BCUT2D eigenvalue weighted by Gasteiger charge is 2.34. The third kappa shape index (κ3) is 9.24. The number of hydrogen-bond acceptors (Lipinski definition) is 4. The minimum atomic E-state index is -0.300. The molecule has 5 nitrogen and oxygen atoms in total. The van der Waals surface area contributed by atoms with Crippen molar-refractivity contribution in [3.63, 3.8) is 0 Å². The highest BCUT2D eigenvalue weighted by Crippen LogP contribution is 2.53. The number of pyridine rings is 1. The van der Waals surface area contributed by atoms with Crippen LogP contribution in [0.25, 0.3) is 61.0 Å². The number of benzene rings is 8. The number of ether oxygens (including phenoxy) is 1. The van der Waals surface area contributed by atoms with Crippen molar-refractivity contribution in [3.8, 4) is 50.7 Å². The first-order chi connectivity index (χ1) is 35.9. The van der Waals surface area contributed by atoms with E-state index in [0.717, 1.165) is 83.8 Å². The summed E-state index contributed by atoms with van der Waals surface area (Å²) in [6.07, 6.45) is 1.91. The third-order valence-corrected chi connectivity index (χ3v) is 14.9. The van der Waals surface area contributed by atoms with Crippen molar-refractivity contribution in [1.82, 2.24) is 9.55 Å². The lowest BCUT2D eigenvalue weighted by Crippen LogP contribution is -2.25. The van der Waals surface area contributed by atoms with Crippen molar-refractivity contribution >= 4 is 44.6 Å². The summed E-state index contributed by atoms with van der Waals surface area (Å²) < 4.78 is 38.9. The monoisotopic (exact) mass is 991 g/mol. The first-order valence-electron chi connectivity index (χ1n) is 26.2. The van der Waals surface area contributed by atoms with Gasteiger partial charge in [-0.1, -0.05) is 142 Å². The molecule has 0 atom stereocenters. The van der Waals surface area contributed by atoms with Crippen molar-refractivity contribution in [2.24, 2.45) is 0 Å². The topological polar surface area (TPSA) is 33.5 Å². The van der Waals surface area contributed by atoms with E-state index in [4.69, 9.17) is 9.72 Å². The maximum Gasteiger partial charge on any atom is 0.137 e. The van der Waals surface area contributed by atoms with Crippen LogP contribution in [0.5, 0.6) is 11.5 Å². The first-order valence-corrected chi connectivity index (χ1v) is 26.2. The molecule has 3 heterocycles. The smallest absolute Gasteiger partial charge is 0.137 e. The molecule has 2 aromatic heterocycles. The fourth-order valence-corrected chi connectivity index (χ4v) is 10.9. The van der Waals surface area contributed by atoms with Gasteiger partial charge in [0, 0.05) is 45.9 Å². The predicted octanol–water partition coefficient (Wildman–Crippen LogP) is 19.3. The van der Waals surface area contributed by atoms with Crippen molar-refractivity contribution in [2.75, 3.05) is 16.5 Å². The Hall–Kier alpha value is -8.03. The average molecular weight is 991 g/mol. The van der Waals surface area contributed by atoms with Gasteiger partial charge in [0.15, 0.2) is 0 Å². The van der Waals surface area contributed by atoms with Gasteiger partial charge in [-0.15, -0.1) is 0 Å². The van der Waals surface area contributed by atoms with Crippen LogP contribution in [-0.4, -0.2) is 16.2 Å². The summed E-state index contributed by atoms with van der Waals surface area (Å²) in [4.78, 5) is 9.68. The molecule has 376 valence electrons. The quantitative estimate of drug-likeness (QED) is 0.137. The summed E-state index contributed by atoms with van der Waals surface area (Å²) in [6, 6.07) is 59.2. The summed E-state index contributed by atoms with van der Waals surface area (Å²) in [7, 11) is 0. The number of aromatic nitrogens is 2. The van der Waals surface area contributed by atoms with Gasteiger partial charge in [-0.25, -0.2) is 13.8 Å². The fraction of sp³-hybridized carbons (Fsp3) is 0.221. The van der Waals surface area contributed by atoms with Gasteiger partial charge in [0.2, 0.25) is 0 Å². The number of hydrogen-bond donors (Lipinski definition) is 0. The van der Waals surface area contributed by atoms with E-state index >= 15 is 0 Å². The van der Waals surface area contributed by atoms with Crippen LogP contribution in [0.2, 0.25) is 0 Å². The number of anilines is 4. The molecule has 0 amide bonds. The molecular formula is C68H64F2N4O.